The molecule has 0 spiro atoms. The van der Waals surface area contributed by atoms with Crippen LogP contribution >= 0.6 is 11.6 Å². The fourth-order valence-electron chi connectivity index (χ4n) is 3.56. The number of rotatable bonds is 4. The monoisotopic (exact) mass is 406 g/mol. The zero-order valence-electron chi connectivity index (χ0n) is 14.9. The summed E-state index contributed by atoms with van der Waals surface area (Å²) in [5, 5.41) is 14.6. The average molecular weight is 407 g/mol. The minimum atomic E-state index is -2.56. The minimum absolute atomic E-state index is 0.00180. The van der Waals surface area contributed by atoms with Crippen molar-refractivity contribution in [3.05, 3.63) is 68.4 Å². The van der Waals surface area contributed by atoms with Crippen molar-refractivity contribution in [1.29, 1.82) is 0 Å². The first-order valence-electron chi connectivity index (χ1n) is 8.75. The van der Waals surface area contributed by atoms with Crippen LogP contribution in [0.2, 0.25) is 5.02 Å². The van der Waals surface area contributed by atoms with Gasteiger partial charge in [0.1, 0.15) is 10.7 Å². The Balaban J connectivity index is 1.65. The summed E-state index contributed by atoms with van der Waals surface area (Å²) in [5.41, 5.74) is 2.21. The average Bonchev–Trinajstić information content (AvgIpc) is 3.12. The van der Waals surface area contributed by atoms with Crippen LogP contribution in [0.4, 0.5) is 14.5 Å². The van der Waals surface area contributed by atoms with E-state index >= 15 is 0 Å². The maximum Gasteiger partial charge on any atom is 0.285 e. The minimum Gasteiger partial charge on any atom is -0.362 e. The lowest BCUT2D eigenvalue weighted by Gasteiger charge is -2.29. The molecule has 1 aromatic carbocycles. The fraction of sp³-hybridized carbons (Fsp3) is 0.333. The lowest BCUT2D eigenvalue weighted by Crippen LogP contribution is -2.33. The van der Waals surface area contributed by atoms with Gasteiger partial charge < -0.3 is 4.90 Å². The molecule has 4 rings (SSSR count). The van der Waals surface area contributed by atoms with Crippen molar-refractivity contribution >= 4 is 17.3 Å². The third kappa shape index (κ3) is 3.15. The molecule has 28 heavy (non-hydrogen) atoms. The van der Waals surface area contributed by atoms with Crippen molar-refractivity contribution in [2.45, 2.75) is 32.4 Å². The van der Waals surface area contributed by atoms with Crippen molar-refractivity contribution in [2.75, 3.05) is 11.4 Å². The first-order valence-corrected chi connectivity index (χ1v) is 9.13. The van der Waals surface area contributed by atoms with Gasteiger partial charge in [-0.1, -0.05) is 41.1 Å². The Kier molecular flexibility index (Phi) is 4.84. The number of fused-ring (bicyclic) bond motifs is 1. The Morgan fingerprint density at radius 3 is 2.75 bits per heavy atom. The smallest absolute Gasteiger partial charge is 0.285 e. The van der Waals surface area contributed by atoms with Crippen LogP contribution in [-0.2, 0) is 13.0 Å². The highest BCUT2D eigenvalue weighted by molar-refractivity contribution is 6.32. The van der Waals surface area contributed by atoms with Gasteiger partial charge in [0.25, 0.3) is 12.0 Å². The molecule has 1 aliphatic heterocycles. The topological polar surface area (TPSA) is 79.7 Å². The predicted octanol–water partition coefficient (Wildman–Crippen LogP) is 3.12. The maximum atomic E-state index is 13.4. The summed E-state index contributed by atoms with van der Waals surface area (Å²) in [6.45, 7) is 2.82. The zero-order valence-corrected chi connectivity index (χ0v) is 15.7. The van der Waals surface area contributed by atoms with Crippen LogP contribution in [0.3, 0.4) is 0 Å². The molecule has 1 N–H and O–H groups in total. The molecular weight excluding hydrogens is 390 g/mol. The van der Waals surface area contributed by atoms with Crippen LogP contribution in [0.25, 0.3) is 0 Å². The summed E-state index contributed by atoms with van der Waals surface area (Å²) < 4.78 is 28.5. The van der Waals surface area contributed by atoms with E-state index in [1.807, 2.05) is 11.8 Å². The van der Waals surface area contributed by atoms with Gasteiger partial charge in [0, 0.05) is 18.5 Å². The first-order chi connectivity index (χ1) is 13.5. The lowest BCUT2D eigenvalue weighted by molar-refractivity contribution is 0.149. The second-order valence-corrected chi connectivity index (χ2v) is 6.98. The van der Waals surface area contributed by atoms with Crippen LogP contribution < -0.4 is 10.5 Å². The van der Waals surface area contributed by atoms with Crippen molar-refractivity contribution in [1.82, 2.24) is 25.2 Å². The molecule has 0 unspecified atom stereocenters. The molecule has 10 heteroatoms. The summed E-state index contributed by atoms with van der Waals surface area (Å²) in [6, 6.07) is 6.09. The molecule has 146 valence electrons. The number of benzene rings is 1. The highest BCUT2D eigenvalue weighted by Crippen LogP contribution is 2.32. The third-order valence-corrected chi connectivity index (χ3v) is 5.36. The van der Waals surface area contributed by atoms with E-state index in [1.54, 1.807) is 22.9 Å². The molecule has 3 heterocycles. The van der Waals surface area contributed by atoms with Crippen LogP contribution in [0.1, 0.15) is 41.9 Å². The molecule has 0 saturated heterocycles. The second-order valence-electron chi connectivity index (χ2n) is 6.60. The molecule has 0 fully saturated rings. The van der Waals surface area contributed by atoms with Crippen molar-refractivity contribution in [2.24, 2.45) is 0 Å². The molecule has 2 aromatic heterocycles. The second kappa shape index (κ2) is 7.31. The molecule has 0 radical (unpaired) electrons. The van der Waals surface area contributed by atoms with Crippen LogP contribution in [0, 0.1) is 0 Å². The molecule has 3 aromatic rings. The summed E-state index contributed by atoms with van der Waals surface area (Å²) >= 11 is 6.10. The van der Waals surface area contributed by atoms with Crippen molar-refractivity contribution in [3.63, 3.8) is 0 Å². The van der Waals surface area contributed by atoms with E-state index in [4.69, 9.17) is 11.6 Å². The molecule has 1 atom stereocenters. The molecule has 0 bridgehead atoms. The number of aromatic amines is 1. The van der Waals surface area contributed by atoms with Crippen LogP contribution in [0.5, 0.6) is 0 Å². The number of anilines is 1. The Labute approximate surface area is 163 Å². The number of H-pyrrole nitrogens is 1. The van der Waals surface area contributed by atoms with Gasteiger partial charge in [0.15, 0.2) is 0 Å². The van der Waals surface area contributed by atoms with Gasteiger partial charge in [0.2, 0.25) is 0 Å². The Hall–Kier alpha value is -2.81. The Bertz CT molecular complexity index is 1070. The highest BCUT2D eigenvalue weighted by atomic mass is 35.5. The molecule has 0 aliphatic carbocycles. The van der Waals surface area contributed by atoms with Crippen LogP contribution in [0.15, 0.2) is 35.3 Å². The van der Waals surface area contributed by atoms with E-state index in [-0.39, 0.29) is 16.6 Å². The first kappa shape index (κ1) is 18.5. The summed E-state index contributed by atoms with van der Waals surface area (Å²) in [6.07, 6.45) is -0.466. The van der Waals surface area contributed by atoms with Crippen LogP contribution in [-0.4, -0.2) is 31.7 Å². The Morgan fingerprint density at radius 2 is 2.00 bits per heavy atom. The number of hydrogen-bond donors (Lipinski definition) is 1. The number of nitrogens with zero attached hydrogens (tertiary/aromatic N) is 5. The Morgan fingerprint density at radius 1 is 1.25 bits per heavy atom. The number of halogens is 3. The maximum absolute atomic E-state index is 13.4. The molecule has 1 aliphatic rings. The zero-order chi connectivity index (χ0) is 19.8. The van der Waals surface area contributed by atoms with E-state index in [9.17, 15) is 13.6 Å². The van der Waals surface area contributed by atoms with Gasteiger partial charge in [-0.2, -0.15) is 5.10 Å². The summed E-state index contributed by atoms with van der Waals surface area (Å²) in [5.74, 6) is 0. The largest absolute Gasteiger partial charge is 0.362 e. The quantitative estimate of drug-likeness (QED) is 0.720. The summed E-state index contributed by atoms with van der Waals surface area (Å²) in [7, 11) is 0. The third-order valence-electron chi connectivity index (χ3n) is 5.00. The standard InChI is InChI=1S/C18H17ClF2N6O/c1-10(11-4-2-3-5-12(11)17(20)21)27-14-6-7-26(9-13(14)23-25-27)15-8-22-24-18(28)16(15)19/h2-5,8,10,17H,6-7,9H2,1H3,(H,24,28)/t10-/m0/s1. The number of aromatic nitrogens is 5. The van der Waals surface area contributed by atoms with E-state index in [2.05, 4.69) is 20.5 Å². The molecule has 0 amide bonds. The summed E-state index contributed by atoms with van der Waals surface area (Å²) in [4.78, 5) is 13.6. The number of hydrogen-bond acceptors (Lipinski definition) is 5. The van der Waals surface area contributed by atoms with Gasteiger partial charge in [-0.3, -0.25) is 4.79 Å². The number of nitrogens with one attached hydrogen (secondary N) is 1. The fourth-order valence-corrected chi connectivity index (χ4v) is 3.77. The lowest BCUT2D eigenvalue weighted by atomic mass is 10.0. The molecular formula is C18H17ClF2N6O. The molecule has 7 nitrogen and oxygen atoms in total. The predicted molar refractivity (Wildman–Crippen MR) is 99.9 cm³/mol. The van der Waals surface area contributed by atoms with Gasteiger partial charge in [-0.15, -0.1) is 5.10 Å². The van der Waals surface area contributed by atoms with Crippen molar-refractivity contribution in [3.8, 4) is 0 Å². The van der Waals surface area contributed by atoms with Gasteiger partial charge in [-0.25, -0.2) is 18.6 Å². The van der Waals surface area contributed by atoms with Crippen molar-refractivity contribution < 1.29 is 8.78 Å². The SMILES string of the molecule is C[C@@H](c1ccccc1C(F)F)n1nnc2c1CCN(c1cn[nH]c(=O)c1Cl)C2. The molecule has 0 saturated carbocycles. The van der Waals surface area contributed by atoms with E-state index in [1.165, 1.54) is 12.3 Å². The van der Waals surface area contributed by atoms with Gasteiger partial charge in [0.05, 0.1) is 30.2 Å². The number of alkyl halides is 2. The normalized spacial score (nSPS) is 15.0. The van der Waals surface area contributed by atoms with E-state index < -0.39 is 12.0 Å². The van der Waals surface area contributed by atoms with E-state index in [0.717, 1.165) is 11.4 Å². The van der Waals surface area contributed by atoms with Gasteiger partial charge >= 0.3 is 0 Å². The highest BCUT2D eigenvalue weighted by Gasteiger charge is 2.27. The van der Waals surface area contributed by atoms with E-state index in [0.29, 0.717) is 30.8 Å². The van der Waals surface area contributed by atoms with Gasteiger partial charge in [-0.05, 0) is 12.5 Å².